The number of hydrogen-bond donors (Lipinski definition) is 1. The van der Waals surface area contributed by atoms with Gasteiger partial charge in [0.1, 0.15) is 0 Å². The second kappa shape index (κ2) is 7.12. The number of hydrogen-bond acceptors (Lipinski definition) is 3. The number of benzene rings is 1. The number of ether oxygens (including phenoxy) is 1. The monoisotopic (exact) mass is 314 g/mol. The van der Waals surface area contributed by atoms with Gasteiger partial charge in [0, 0.05) is 35.9 Å². The van der Waals surface area contributed by atoms with Gasteiger partial charge in [-0.3, -0.25) is 0 Å². The van der Waals surface area contributed by atoms with Crippen molar-refractivity contribution in [2.45, 2.75) is 32.9 Å². The van der Waals surface area contributed by atoms with E-state index in [-0.39, 0.29) is 6.04 Å². The molecule has 0 spiro atoms. The zero-order valence-electron chi connectivity index (χ0n) is 11.6. The smallest absolute Gasteiger partial charge is 0.0663 e. The number of nitrogens with two attached hydrogens (primary N) is 1. The molecule has 1 aromatic rings. The van der Waals surface area contributed by atoms with Crippen LogP contribution in [0.15, 0.2) is 22.7 Å². The minimum Gasteiger partial charge on any atom is -0.383 e. The van der Waals surface area contributed by atoms with E-state index >= 15 is 0 Å². The first-order chi connectivity index (χ1) is 8.51. The van der Waals surface area contributed by atoms with Crippen LogP contribution in [0.25, 0.3) is 0 Å². The lowest BCUT2D eigenvalue weighted by Gasteiger charge is -2.30. The molecule has 1 aromatic carbocycles. The molecule has 0 aliphatic rings. The Hall–Kier alpha value is -0.580. The molecule has 4 heteroatoms. The summed E-state index contributed by atoms with van der Waals surface area (Å²) < 4.78 is 6.29. The Morgan fingerprint density at radius 2 is 2.06 bits per heavy atom. The molecule has 18 heavy (non-hydrogen) atoms. The summed E-state index contributed by atoms with van der Waals surface area (Å²) in [5.41, 5.74) is 8.24. The summed E-state index contributed by atoms with van der Waals surface area (Å²) in [6.45, 7) is 7.99. The minimum absolute atomic E-state index is 0.0416. The summed E-state index contributed by atoms with van der Waals surface area (Å²) in [4.78, 5) is 2.32. The molecule has 0 bridgehead atoms. The van der Waals surface area contributed by atoms with Gasteiger partial charge < -0.3 is 15.4 Å². The van der Waals surface area contributed by atoms with Gasteiger partial charge in [-0.1, -0.05) is 22.0 Å². The molecule has 0 aliphatic carbocycles. The highest BCUT2D eigenvalue weighted by atomic mass is 79.9. The van der Waals surface area contributed by atoms with Gasteiger partial charge in [0.15, 0.2) is 0 Å². The summed E-state index contributed by atoms with van der Waals surface area (Å²) in [7, 11) is 1.74. The molecule has 1 unspecified atom stereocenters. The van der Waals surface area contributed by atoms with Gasteiger partial charge in [0.25, 0.3) is 0 Å². The molecule has 102 valence electrons. The van der Waals surface area contributed by atoms with E-state index in [0.717, 1.165) is 23.2 Å². The Bertz CT molecular complexity index is 382. The van der Waals surface area contributed by atoms with Crippen LogP contribution in [-0.4, -0.2) is 26.3 Å². The third-order valence-corrected chi connectivity index (χ3v) is 3.77. The zero-order valence-corrected chi connectivity index (χ0v) is 13.2. The standard InChI is InChI=1S/C14H23BrN2O/c1-5-17(10(2)9-18-4)12-6-7-13(11(3)16)14(15)8-12/h6-8,10-11H,5,9,16H2,1-4H3/t10?,11-/m1/s1. The SMILES string of the molecule is CCN(c1ccc([C@@H](C)N)c(Br)c1)C(C)COC. The molecule has 0 radical (unpaired) electrons. The predicted octanol–water partition coefficient (Wildman–Crippen LogP) is 3.33. The van der Waals surface area contributed by atoms with Crippen LogP contribution < -0.4 is 10.6 Å². The van der Waals surface area contributed by atoms with Crippen molar-refractivity contribution in [3.8, 4) is 0 Å². The van der Waals surface area contributed by atoms with E-state index in [2.05, 4.69) is 52.9 Å². The molecule has 0 aliphatic heterocycles. The largest absolute Gasteiger partial charge is 0.383 e. The summed E-state index contributed by atoms with van der Waals surface area (Å²) in [6, 6.07) is 6.74. The van der Waals surface area contributed by atoms with Gasteiger partial charge in [-0.15, -0.1) is 0 Å². The van der Waals surface area contributed by atoms with Crippen molar-refractivity contribution >= 4 is 21.6 Å². The maximum absolute atomic E-state index is 5.92. The zero-order chi connectivity index (χ0) is 13.7. The third-order valence-electron chi connectivity index (χ3n) is 3.09. The fraction of sp³-hybridized carbons (Fsp3) is 0.571. The van der Waals surface area contributed by atoms with Crippen molar-refractivity contribution in [2.75, 3.05) is 25.2 Å². The van der Waals surface area contributed by atoms with Crippen LogP contribution in [0.5, 0.6) is 0 Å². The predicted molar refractivity (Wildman–Crippen MR) is 81.1 cm³/mol. The summed E-state index contributed by atoms with van der Waals surface area (Å²) in [6.07, 6.45) is 0. The van der Waals surface area contributed by atoms with Crippen LogP contribution in [0.2, 0.25) is 0 Å². The first kappa shape index (κ1) is 15.5. The van der Waals surface area contributed by atoms with Crippen LogP contribution in [0, 0.1) is 0 Å². The molecule has 2 N–H and O–H groups in total. The molecule has 0 fully saturated rings. The van der Waals surface area contributed by atoms with Crippen molar-refractivity contribution in [2.24, 2.45) is 5.73 Å². The van der Waals surface area contributed by atoms with Crippen molar-refractivity contribution in [1.29, 1.82) is 0 Å². The number of rotatable bonds is 6. The number of likely N-dealkylation sites (N-methyl/N-ethyl adjacent to an activating group) is 1. The van der Waals surface area contributed by atoms with E-state index in [1.165, 1.54) is 5.69 Å². The van der Waals surface area contributed by atoms with E-state index in [4.69, 9.17) is 10.5 Å². The van der Waals surface area contributed by atoms with E-state index in [9.17, 15) is 0 Å². The minimum atomic E-state index is 0.0416. The summed E-state index contributed by atoms with van der Waals surface area (Å²) in [5.74, 6) is 0. The molecule has 0 saturated heterocycles. The maximum atomic E-state index is 5.92. The van der Waals surface area contributed by atoms with Crippen LogP contribution >= 0.6 is 15.9 Å². The Morgan fingerprint density at radius 1 is 1.39 bits per heavy atom. The second-order valence-corrected chi connectivity index (χ2v) is 5.44. The molecule has 0 aromatic heterocycles. The fourth-order valence-electron chi connectivity index (χ4n) is 2.14. The summed E-state index contributed by atoms with van der Waals surface area (Å²) >= 11 is 3.60. The summed E-state index contributed by atoms with van der Waals surface area (Å²) in [5, 5.41) is 0. The van der Waals surface area contributed by atoms with Crippen LogP contribution in [0.3, 0.4) is 0 Å². The first-order valence-electron chi connectivity index (χ1n) is 6.31. The van der Waals surface area contributed by atoms with Crippen LogP contribution in [0.4, 0.5) is 5.69 Å². The Morgan fingerprint density at radius 3 is 2.50 bits per heavy atom. The quantitative estimate of drug-likeness (QED) is 0.875. The van der Waals surface area contributed by atoms with Gasteiger partial charge in [0.2, 0.25) is 0 Å². The average molecular weight is 315 g/mol. The average Bonchev–Trinajstić information content (AvgIpc) is 2.29. The molecule has 0 heterocycles. The van der Waals surface area contributed by atoms with Gasteiger partial charge in [0.05, 0.1) is 6.61 Å². The van der Waals surface area contributed by atoms with E-state index < -0.39 is 0 Å². The molecular weight excluding hydrogens is 292 g/mol. The van der Waals surface area contributed by atoms with Gasteiger partial charge >= 0.3 is 0 Å². The normalized spacial score (nSPS) is 14.3. The fourth-order valence-corrected chi connectivity index (χ4v) is 2.87. The second-order valence-electron chi connectivity index (χ2n) is 4.58. The number of halogens is 1. The lowest BCUT2D eigenvalue weighted by Crippen LogP contribution is -2.36. The van der Waals surface area contributed by atoms with Crippen molar-refractivity contribution < 1.29 is 4.74 Å². The highest BCUT2D eigenvalue weighted by Crippen LogP contribution is 2.28. The molecule has 2 atom stereocenters. The molecular formula is C14H23BrN2O. The first-order valence-corrected chi connectivity index (χ1v) is 7.11. The number of anilines is 1. The van der Waals surface area contributed by atoms with E-state index in [0.29, 0.717) is 6.04 Å². The molecule has 1 rings (SSSR count). The number of nitrogens with zero attached hydrogens (tertiary/aromatic N) is 1. The van der Waals surface area contributed by atoms with Crippen LogP contribution in [0.1, 0.15) is 32.4 Å². The van der Waals surface area contributed by atoms with Gasteiger partial charge in [-0.25, -0.2) is 0 Å². The highest BCUT2D eigenvalue weighted by Gasteiger charge is 2.14. The van der Waals surface area contributed by atoms with Crippen molar-refractivity contribution in [3.05, 3.63) is 28.2 Å². The Labute approximate surface area is 118 Å². The van der Waals surface area contributed by atoms with Gasteiger partial charge in [-0.05, 0) is 38.5 Å². The number of methoxy groups -OCH3 is 1. The topological polar surface area (TPSA) is 38.5 Å². The Kier molecular flexibility index (Phi) is 6.12. The van der Waals surface area contributed by atoms with Gasteiger partial charge in [-0.2, -0.15) is 0 Å². The van der Waals surface area contributed by atoms with E-state index in [1.807, 2.05) is 6.92 Å². The Balaban J connectivity index is 2.97. The lowest BCUT2D eigenvalue weighted by molar-refractivity contribution is 0.182. The highest BCUT2D eigenvalue weighted by molar-refractivity contribution is 9.10. The lowest BCUT2D eigenvalue weighted by atomic mass is 10.1. The molecule has 3 nitrogen and oxygen atoms in total. The van der Waals surface area contributed by atoms with Crippen molar-refractivity contribution in [1.82, 2.24) is 0 Å². The third kappa shape index (κ3) is 3.70. The maximum Gasteiger partial charge on any atom is 0.0663 e. The molecule has 0 saturated carbocycles. The van der Waals surface area contributed by atoms with E-state index in [1.54, 1.807) is 7.11 Å². The van der Waals surface area contributed by atoms with Crippen molar-refractivity contribution in [3.63, 3.8) is 0 Å². The van der Waals surface area contributed by atoms with Crippen LogP contribution in [-0.2, 0) is 4.74 Å². The molecule has 0 amide bonds.